The summed E-state index contributed by atoms with van der Waals surface area (Å²) in [6.07, 6.45) is 0.886. The van der Waals surface area contributed by atoms with E-state index in [0.717, 1.165) is 23.2 Å². The second-order valence-corrected chi connectivity index (χ2v) is 12.2. The first kappa shape index (κ1) is 26.5. The molecule has 0 N–H and O–H groups in total. The molecule has 4 heteroatoms. The van der Waals surface area contributed by atoms with Gasteiger partial charge in [0.15, 0.2) is 11.5 Å². The van der Waals surface area contributed by atoms with Crippen molar-refractivity contribution in [2.24, 2.45) is 0 Å². The van der Waals surface area contributed by atoms with Gasteiger partial charge in [-0.05, 0) is 59.7 Å². The van der Waals surface area contributed by atoms with Gasteiger partial charge in [-0.2, -0.15) is 0 Å². The lowest BCUT2D eigenvalue weighted by Crippen LogP contribution is -2.32. The van der Waals surface area contributed by atoms with Gasteiger partial charge in [0.1, 0.15) is 29.8 Å². The zero-order valence-electron chi connectivity index (χ0n) is 20.9. The van der Waals surface area contributed by atoms with E-state index in [-0.39, 0.29) is 12.4 Å². The number of benzene rings is 5. The molecule has 0 fully saturated rings. The lowest BCUT2D eigenvalue weighted by Gasteiger charge is -2.28. The van der Waals surface area contributed by atoms with Crippen molar-refractivity contribution in [2.45, 2.75) is 12.8 Å². The largest absolute Gasteiger partial charge is 0.493 e. The molecule has 0 spiro atoms. The van der Waals surface area contributed by atoms with Crippen LogP contribution in [0.2, 0.25) is 0 Å². The van der Waals surface area contributed by atoms with Gasteiger partial charge in [-0.25, -0.2) is 0 Å². The van der Waals surface area contributed by atoms with Crippen molar-refractivity contribution < 1.29 is 9.47 Å². The molecule has 0 aliphatic heterocycles. The van der Waals surface area contributed by atoms with E-state index >= 15 is 0 Å². The van der Waals surface area contributed by atoms with Crippen LogP contribution in [0, 0.1) is 0 Å². The molecule has 2 nitrogen and oxygen atoms in total. The van der Waals surface area contributed by atoms with Crippen molar-refractivity contribution in [2.75, 3.05) is 7.11 Å². The van der Waals surface area contributed by atoms with Gasteiger partial charge >= 0.3 is 0 Å². The monoisotopic (exact) mass is 525 g/mol. The summed E-state index contributed by atoms with van der Waals surface area (Å²) in [5.74, 6) is 1.52. The van der Waals surface area contributed by atoms with Gasteiger partial charge in [-0.1, -0.05) is 91.0 Å². The summed E-state index contributed by atoms with van der Waals surface area (Å²) in [6.45, 7) is 0.497. The number of methoxy groups -OCH3 is 1. The lowest BCUT2D eigenvalue weighted by atomic mass is 10.2. The fraction of sp³-hybridized carbons (Fsp3) is 0.0909. The Labute approximate surface area is 226 Å². The Morgan fingerprint density at radius 3 is 1.43 bits per heavy atom. The molecule has 0 bridgehead atoms. The van der Waals surface area contributed by atoms with Crippen LogP contribution in [0.1, 0.15) is 11.1 Å². The van der Waals surface area contributed by atoms with Crippen molar-refractivity contribution in [1.82, 2.24) is 0 Å². The van der Waals surface area contributed by atoms with Crippen LogP contribution in [-0.2, 0) is 12.8 Å². The summed E-state index contributed by atoms with van der Waals surface area (Å²) in [5, 5.41) is 4.10. The number of halogens is 1. The van der Waals surface area contributed by atoms with E-state index in [1.807, 2.05) is 24.3 Å². The Hall–Kier alpha value is -3.58. The molecule has 0 unspecified atom stereocenters. The summed E-state index contributed by atoms with van der Waals surface area (Å²) >= 11 is 0. The predicted octanol–water partition coefficient (Wildman–Crippen LogP) is 7.19. The predicted molar refractivity (Wildman–Crippen MR) is 160 cm³/mol. The lowest BCUT2D eigenvalue weighted by molar-refractivity contribution is 0.284. The molecule has 186 valence electrons. The molecule has 0 amide bonds. The van der Waals surface area contributed by atoms with Gasteiger partial charge in [-0.15, -0.1) is 12.4 Å². The minimum Gasteiger partial charge on any atom is -0.493 e. The molecule has 0 aliphatic carbocycles. The van der Waals surface area contributed by atoms with Crippen molar-refractivity contribution in [3.8, 4) is 11.5 Å². The molecule has 0 radical (unpaired) electrons. The normalized spacial score (nSPS) is 10.8. The molecule has 0 atom stereocenters. The summed E-state index contributed by atoms with van der Waals surface area (Å²) in [5.41, 5.74) is 2.36. The highest BCUT2D eigenvalue weighted by Gasteiger charge is 2.45. The van der Waals surface area contributed by atoms with Gasteiger partial charge in [0.2, 0.25) is 0 Å². The SMILES string of the molecule is COc1ccc(C[P+](c2ccccc2)(c2ccccc2)c2ccccc2)cc1OCc1ccccc1.Cl. The highest BCUT2D eigenvalue weighted by atomic mass is 35.5. The molecule has 0 aromatic heterocycles. The van der Waals surface area contributed by atoms with Crippen LogP contribution in [0.4, 0.5) is 0 Å². The zero-order chi connectivity index (χ0) is 24.6. The minimum absolute atomic E-state index is 0. The third-order valence-corrected chi connectivity index (χ3v) is 10.9. The van der Waals surface area contributed by atoms with E-state index in [0.29, 0.717) is 6.61 Å². The third kappa shape index (κ3) is 5.88. The summed E-state index contributed by atoms with van der Waals surface area (Å²) < 4.78 is 11.9. The maximum absolute atomic E-state index is 6.27. The van der Waals surface area contributed by atoms with Crippen LogP contribution in [0.5, 0.6) is 11.5 Å². The first-order valence-electron chi connectivity index (χ1n) is 12.2. The first-order valence-corrected chi connectivity index (χ1v) is 14.2. The second kappa shape index (κ2) is 12.6. The van der Waals surface area contributed by atoms with Gasteiger partial charge in [0.25, 0.3) is 0 Å². The molecule has 5 aromatic carbocycles. The molecule has 37 heavy (non-hydrogen) atoms. The van der Waals surface area contributed by atoms with E-state index in [4.69, 9.17) is 9.47 Å². The molecule has 0 saturated heterocycles. The van der Waals surface area contributed by atoms with Crippen LogP contribution in [0.25, 0.3) is 0 Å². The van der Waals surface area contributed by atoms with E-state index in [1.54, 1.807) is 7.11 Å². The van der Waals surface area contributed by atoms with Gasteiger partial charge < -0.3 is 9.47 Å². The van der Waals surface area contributed by atoms with Crippen LogP contribution >= 0.6 is 19.7 Å². The fourth-order valence-electron chi connectivity index (χ4n) is 4.71. The Morgan fingerprint density at radius 2 is 0.973 bits per heavy atom. The quantitative estimate of drug-likeness (QED) is 0.190. The Kier molecular flexibility index (Phi) is 9.01. The molecule has 5 aromatic rings. The van der Waals surface area contributed by atoms with Crippen molar-refractivity contribution in [1.29, 1.82) is 0 Å². The van der Waals surface area contributed by atoms with Crippen LogP contribution < -0.4 is 25.4 Å². The maximum atomic E-state index is 6.27. The van der Waals surface area contributed by atoms with Crippen molar-refractivity contribution in [3.63, 3.8) is 0 Å². The Morgan fingerprint density at radius 1 is 0.514 bits per heavy atom. The third-order valence-electron chi connectivity index (χ3n) is 6.48. The van der Waals surface area contributed by atoms with E-state index in [2.05, 4.69) is 115 Å². The molecule has 0 saturated carbocycles. The summed E-state index contributed by atoms with van der Waals surface area (Å²) in [4.78, 5) is 0. The van der Waals surface area contributed by atoms with Gasteiger partial charge in [0.05, 0.1) is 13.3 Å². The Balaban J connectivity index is 0.00000320. The number of ether oxygens (including phenoxy) is 2. The summed E-state index contributed by atoms with van der Waals surface area (Å²) in [7, 11) is -0.298. The minimum atomic E-state index is -1.99. The average molecular weight is 526 g/mol. The zero-order valence-corrected chi connectivity index (χ0v) is 22.6. The molecule has 5 rings (SSSR count). The van der Waals surface area contributed by atoms with E-state index < -0.39 is 7.26 Å². The Bertz CT molecular complexity index is 1280. The highest BCUT2D eigenvalue weighted by molar-refractivity contribution is 7.95. The molecule has 0 aliphatic rings. The topological polar surface area (TPSA) is 18.5 Å². The van der Waals surface area contributed by atoms with Crippen molar-refractivity contribution in [3.05, 3.63) is 151 Å². The molecular formula is C33H31ClO2P+. The first-order chi connectivity index (χ1) is 17.8. The molecule has 0 heterocycles. The standard InChI is InChI=1S/C33H30O2P.ClH/c1-34-32-23-22-28(24-33(32)35-25-27-14-6-2-7-15-27)26-36(29-16-8-3-9-17-29,30-18-10-4-11-19-30)31-20-12-5-13-21-31;/h2-24H,25-26H2,1H3;1H/q+1;. The van der Waals surface area contributed by atoms with Crippen molar-refractivity contribution >= 4 is 35.6 Å². The van der Waals surface area contributed by atoms with Crippen LogP contribution in [-0.4, -0.2) is 7.11 Å². The van der Waals surface area contributed by atoms with Gasteiger partial charge in [-0.3, -0.25) is 0 Å². The van der Waals surface area contributed by atoms with Crippen LogP contribution in [0.15, 0.2) is 140 Å². The molecular weight excluding hydrogens is 495 g/mol. The second-order valence-electron chi connectivity index (χ2n) is 8.73. The van der Waals surface area contributed by atoms with Gasteiger partial charge in [0, 0.05) is 0 Å². The van der Waals surface area contributed by atoms with Crippen LogP contribution in [0.3, 0.4) is 0 Å². The summed E-state index contributed by atoms with van der Waals surface area (Å²) in [6, 6.07) is 49.5. The number of rotatable bonds is 9. The fourth-order valence-corrected chi connectivity index (χ4v) is 8.94. The number of hydrogen-bond donors (Lipinski definition) is 0. The average Bonchev–Trinajstić information content (AvgIpc) is 2.97. The van der Waals surface area contributed by atoms with E-state index in [1.165, 1.54) is 21.5 Å². The highest BCUT2D eigenvalue weighted by Crippen LogP contribution is 2.58. The number of hydrogen-bond acceptors (Lipinski definition) is 2. The smallest absolute Gasteiger partial charge is 0.162 e. The van der Waals surface area contributed by atoms with E-state index in [9.17, 15) is 0 Å². The maximum Gasteiger partial charge on any atom is 0.162 e.